The molecule has 162 valence electrons. The van der Waals surface area contributed by atoms with Gasteiger partial charge < -0.3 is 16.2 Å². The van der Waals surface area contributed by atoms with Crippen LogP contribution >= 0.6 is 62.1 Å². The van der Waals surface area contributed by atoms with Crippen LogP contribution in [0.15, 0.2) is 31.5 Å². The summed E-state index contributed by atoms with van der Waals surface area (Å²) in [7, 11) is 0. The van der Waals surface area contributed by atoms with Crippen molar-refractivity contribution in [1.82, 2.24) is 25.4 Å². The van der Waals surface area contributed by atoms with E-state index in [1.807, 2.05) is 0 Å². The van der Waals surface area contributed by atoms with Gasteiger partial charge in [-0.05, 0) is 10.6 Å². The normalized spacial score (nSPS) is 21.0. The molecule has 4 heterocycles. The van der Waals surface area contributed by atoms with E-state index in [0.29, 0.717) is 27.9 Å². The van der Waals surface area contributed by atoms with Crippen molar-refractivity contribution < 1.29 is 19.5 Å². The standard InChI is InChI=1S/C16H13BrN6O4S4/c17-1-7(8-4-29-15(18)20-8)11(24)21-9-12(25)23-10(14(26)27)6(2-28-13(9)23)3-30-16-22-19-5-31-16/h1,4-5,9,13H,2-3H2,(H2,18,20)(H,21,24)(H,26,27)/t9?,13-/m1/s1. The second-order valence-electron chi connectivity index (χ2n) is 6.21. The van der Waals surface area contributed by atoms with E-state index in [1.54, 1.807) is 10.9 Å². The van der Waals surface area contributed by atoms with Crippen LogP contribution in [-0.2, 0) is 14.4 Å². The lowest BCUT2D eigenvalue weighted by atomic mass is 10.0. The number of nitrogen functional groups attached to an aromatic ring is 1. The Hall–Kier alpha value is -1.94. The highest BCUT2D eigenvalue weighted by Crippen LogP contribution is 2.42. The van der Waals surface area contributed by atoms with Crippen molar-refractivity contribution in [2.45, 2.75) is 15.8 Å². The van der Waals surface area contributed by atoms with Crippen molar-refractivity contribution in [3.8, 4) is 0 Å². The molecule has 2 aromatic heterocycles. The summed E-state index contributed by atoms with van der Waals surface area (Å²) in [6.45, 7) is 0. The van der Waals surface area contributed by atoms with Gasteiger partial charge in [0.25, 0.3) is 11.8 Å². The summed E-state index contributed by atoms with van der Waals surface area (Å²) in [5.74, 6) is -1.32. The predicted molar refractivity (Wildman–Crippen MR) is 124 cm³/mol. The van der Waals surface area contributed by atoms with Crippen LogP contribution in [0.25, 0.3) is 5.57 Å². The van der Waals surface area contributed by atoms with Gasteiger partial charge in [-0.15, -0.1) is 33.3 Å². The van der Waals surface area contributed by atoms with Crippen molar-refractivity contribution in [2.75, 3.05) is 17.2 Å². The topological polar surface area (TPSA) is 151 Å². The molecule has 4 rings (SSSR count). The summed E-state index contributed by atoms with van der Waals surface area (Å²) in [6, 6.07) is -0.831. The number of halogens is 1. The number of amides is 2. The molecule has 4 N–H and O–H groups in total. The lowest BCUT2D eigenvalue weighted by Gasteiger charge is -2.49. The van der Waals surface area contributed by atoms with Crippen LogP contribution in [0.1, 0.15) is 5.69 Å². The van der Waals surface area contributed by atoms with E-state index in [1.165, 1.54) is 56.1 Å². The number of nitrogens with zero attached hydrogens (tertiary/aromatic N) is 4. The molecule has 2 aliphatic rings. The quantitative estimate of drug-likeness (QED) is 0.260. The molecule has 2 atom stereocenters. The number of aromatic nitrogens is 3. The van der Waals surface area contributed by atoms with E-state index < -0.39 is 29.2 Å². The van der Waals surface area contributed by atoms with Crippen LogP contribution in [0.2, 0.25) is 0 Å². The molecule has 0 aromatic carbocycles. The molecule has 0 spiro atoms. The number of fused-ring (bicyclic) bond motifs is 1. The lowest BCUT2D eigenvalue weighted by Crippen LogP contribution is -2.70. The van der Waals surface area contributed by atoms with Gasteiger partial charge >= 0.3 is 5.97 Å². The molecule has 10 nitrogen and oxygen atoms in total. The van der Waals surface area contributed by atoms with Crippen LogP contribution in [0.5, 0.6) is 0 Å². The minimum atomic E-state index is -1.17. The minimum Gasteiger partial charge on any atom is -0.477 e. The van der Waals surface area contributed by atoms with Gasteiger partial charge in [-0.25, -0.2) is 9.78 Å². The number of carbonyl (C=O) groups excluding carboxylic acids is 2. The van der Waals surface area contributed by atoms with E-state index in [4.69, 9.17) is 5.73 Å². The van der Waals surface area contributed by atoms with Gasteiger partial charge in [-0.3, -0.25) is 14.5 Å². The first-order valence-corrected chi connectivity index (χ1v) is 13.2. The van der Waals surface area contributed by atoms with Crippen LogP contribution in [0.4, 0.5) is 5.13 Å². The third-order valence-electron chi connectivity index (χ3n) is 4.40. The zero-order valence-electron chi connectivity index (χ0n) is 15.4. The number of thiazole rings is 1. The molecule has 1 saturated heterocycles. The molecule has 2 aromatic rings. The Kier molecular flexibility index (Phi) is 6.66. The molecule has 0 aliphatic carbocycles. The molecule has 0 saturated carbocycles. The second kappa shape index (κ2) is 9.28. The van der Waals surface area contributed by atoms with Crippen LogP contribution in [0, 0.1) is 0 Å². The lowest BCUT2D eigenvalue weighted by molar-refractivity contribution is -0.150. The Morgan fingerprint density at radius 1 is 1.45 bits per heavy atom. The number of carbonyl (C=O) groups is 3. The van der Waals surface area contributed by atoms with Crippen molar-refractivity contribution in [1.29, 1.82) is 0 Å². The number of thioether (sulfide) groups is 2. The number of carboxylic acid groups (broad SMARTS) is 1. The smallest absolute Gasteiger partial charge is 0.352 e. The monoisotopic (exact) mass is 560 g/mol. The predicted octanol–water partition coefficient (Wildman–Crippen LogP) is 1.84. The van der Waals surface area contributed by atoms with Gasteiger partial charge in [0.1, 0.15) is 22.6 Å². The first-order valence-electron chi connectivity index (χ1n) is 8.52. The highest BCUT2D eigenvalue weighted by Gasteiger charge is 2.54. The molecular weight excluding hydrogens is 548 g/mol. The number of rotatable bonds is 7. The fraction of sp³-hybridized carbons (Fsp3) is 0.250. The van der Waals surface area contributed by atoms with E-state index in [0.717, 1.165) is 4.34 Å². The summed E-state index contributed by atoms with van der Waals surface area (Å²) in [6.07, 6.45) is 0. The molecule has 2 amide bonds. The number of anilines is 1. The van der Waals surface area contributed by atoms with Gasteiger partial charge in [-0.1, -0.05) is 39.0 Å². The Labute approximate surface area is 200 Å². The van der Waals surface area contributed by atoms with Gasteiger partial charge in [-0.2, -0.15) is 0 Å². The van der Waals surface area contributed by atoms with E-state index >= 15 is 0 Å². The number of β-lactam (4-membered cyclic amide) rings is 1. The average molecular weight is 561 g/mol. The number of carboxylic acids is 1. The molecule has 1 fully saturated rings. The third-order valence-corrected chi connectivity index (χ3v) is 8.82. The summed E-state index contributed by atoms with van der Waals surface area (Å²) in [5.41, 5.74) is 8.45. The fourth-order valence-electron chi connectivity index (χ4n) is 3.02. The van der Waals surface area contributed by atoms with Crippen molar-refractivity contribution in [3.63, 3.8) is 0 Å². The SMILES string of the molecule is Nc1nc(C(=CBr)C(=O)NC2C(=O)N3C(C(=O)O)=C(CSc4nncs4)CS[C@H]23)cs1. The molecule has 0 radical (unpaired) electrons. The Bertz CT molecular complexity index is 1100. The van der Waals surface area contributed by atoms with Crippen molar-refractivity contribution in [3.05, 3.63) is 32.8 Å². The second-order valence-corrected chi connectivity index (χ2v) is 10.7. The molecule has 15 heteroatoms. The molecule has 31 heavy (non-hydrogen) atoms. The maximum Gasteiger partial charge on any atom is 0.352 e. The zero-order chi connectivity index (χ0) is 22.1. The molecule has 2 aliphatic heterocycles. The first kappa shape index (κ1) is 22.3. The Morgan fingerprint density at radius 2 is 2.26 bits per heavy atom. The number of hydrogen-bond acceptors (Lipinski definition) is 11. The summed E-state index contributed by atoms with van der Waals surface area (Å²) >= 11 is 8.49. The highest BCUT2D eigenvalue weighted by atomic mass is 79.9. The van der Waals surface area contributed by atoms with Gasteiger partial charge in [0.05, 0.1) is 11.3 Å². The summed E-state index contributed by atoms with van der Waals surface area (Å²) < 4.78 is 0.723. The Balaban J connectivity index is 1.48. The van der Waals surface area contributed by atoms with E-state index in [-0.39, 0.29) is 11.3 Å². The number of hydrogen-bond donors (Lipinski definition) is 3. The fourth-order valence-corrected chi connectivity index (χ4v) is 7.00. The minimum absolute atomic E-state index is 0.0280. The maximum atomic E-state index is 12.8. The highest BCUT2D eigenvalue weighted by molar-refractivity contribution is 9.11. The van der Waals surface area contributed by atoms with Crippen LogP contribution in [0.3, 0.4) is 0 Å². The third kappa shape index (κ3) is 4.37. The van der Waals surface area contributed by atoms with Crippen molar-refractivity contribution in [2.24, 2.45) is 0 Å². The number of aliphatic carboxylic acids is 1. The molecule has 1 unspecified atom stereocenters. The van der Waals surface area contributed by atoms with Gasteiger partial charge in [0.2, 0.25) is 0 Å². The first-order chi connectivity index (χ1) is 14.9. The van der Waals surface area contributed by atoms with Crippen LogP contribution in [-0.4, -0.2) is 65.9 Å². The number of nitrogens with two attached hydrogens (primary N) is 1. The van der Waals surface area contributed by atoms with E-state index in [2.05, 4.69) is 36.4 Å². The summed E-state index contributed by atoms with van der Waals surface area (Å²) in [4.78, 5) is 44.2. The van der Waals surface area contributed by atoms with Gasteiger partial charge in [0.15, 0.2) is 9.47 Å². The van der Waals surface area contributed by atoms with Crippen LogP contribution < -0.4 is 11.1 Å². The maximum absolute atomic E-state index is 12.8. The van der Waals surface area contributed by atoms with Gasteiger partial charge in [0, 0.05) is 16.9 Å². The summed E-state index contributed by atoms with van der Waals surface area (Å²) in [5, 5.41) is 21.6. The van der Waals surface area contributed by atoms with Crippen molar-refractivity contribution >= 4 is 90.6 Å². The average Bonchev–Trinajstić information content (AvgIpc) is 3.42. The zero-order valence-corrected chi connectivity index (χ0v) is 20.2. The molecular formula is C16H13BrN6O4S4. The van der Waals surface area contributed by atoms with E-state index in [9.17, 15) is 19.5 Å². The Morgan fingerprint density at radius 3 is 2.87 bits per heavy atom. The molecule has 0 bridgehead atoms. The number of nitrogens with one attached hydrogen (secondary N) is 1. The largest absolute Gasteiger partial charge is 0.477 e.